The minimum atomic E-state index is -3.15. The number of rotatable bonds is 26. The second kappa shape index (κ2) is 44.0. The summed E-state index contributed by atoms with van der Waals surface area (Å²) in [6.45, 7) is 12.1. The molecule has 0 unspecified atom stereocenters. The average Bonchev–Trinajstić information content (AvgIpc) is 1.57. The Bertz CT molecular complexity index is 5570. The lowest BCUT2D eigenvalue weighted by Gasteiger charge is -2.33. The van der Waals surface area contributed by atoms with E-state index in [-0.39, 0.29) is 18.8 Å². The van der Waals surface area contributed by atoms with Gasteiger partial charge in [-0.15, -0.1) is 58.0 Å². The van der Waals surface area contributed by atoms with Crippen LogP contribution < -0.4 is 56.4 Å². The zero-order chi connectivity index (χ0) is 102. The predicted molar refractivity (Wildman–Crippen MR) is 438 cm³/mol. The summed E-state index contributed by atoms with van der Waals surface area (Å²) >= 11 is 29.3. The van der Waals surface area contributed by atoms with E-state index in [4.69, 9.17) is 125 Å². The van der Waals surface area contributed by atoms with E-state index in [0.29, 0.717) is 9.13 Å². The molecule has 20 atom stereocenters. The largest absolute Gasteiger partial charge is 0.462 e. The number of nitrogen functional groups attached to an aromatic ring is 1. The van der Waals surface area contributed by atoms with E-state index in [9.17, 15) is 96.0 Å². The molecule has 41 nitrogen and oxygen atoms in total. The topological polar surface area (TPSA) is 565 Å². The number of hydrogen-bond acceptors (Lipinski definition) is 32. The van der Waals surface area contributed by atoms with Crippen molar-refractivity contribution in [3.8, 4) is 0 Å². The Labute approximate surface area is 752 Å². The van der Waals surface area contributed by atoms with E-state index in [0.717, 1.165) is 69.0 Å². The SMILES string of the molecule is CC(C)(C)OC(=O)[C@@]1(CCl)O[C@@H](n2ccc(=O)[nH]c2=O)[C@H](F)[C@@H]1O.[2H]C([2H])(O)[C@@]1(CCl)O[C@@H](n2ccc(=O)[nH]c2=O)[C@H](F)[C@@H]1O.[2H]C([2H])(OC(=O)C(C)C)[C@@]1(CCl)O[C@@H](n2ccc(=O)[nH]c2=O)[C@H](F)[C@@H]1OC(=O)C(C)C.[2H]C([2H])(OC(=O)C(C)C)[C@@]1(CCl)O[C@@H](n2ccc(N)nc2=O)[C@H](F)[C@@H]1OC(=O)C(C)C.[3H]OCC[C@H]1[C@@H](F)[C@H](n2ccc(=O)[nH]c2=O)O[C@]1(CCl)C(=O)OC(C)(C)C. The highest BCUT2D eigenvalue weighted by molar-refractivity contribution is 6.21. The number of carbonyl (C=O) groups excluding carboxylic acids is 6. The Morgan fingerprint density at radius 2 is 0.803 bits per heavy atom. The molecule has 10 heterocycles. The van der Waals surface area contributed by atoms with E-state index in [1.807, 2.05) is 19.9 Å². The van der Waals surface area contributed by atoms with Crippen LogP contribution in [0.25, 0.3) is 0 Å². The monoisotopic (exact) mass is 1930 g/mol. The molecule has 5 fully saturated rings. The molecule has 0 radical (unpaired) electrons. The van der Waals surface area contributed by atoms with Crippen LogP contribution in [0.3, 0.4) is 0 Å². The van der Waals surface area contributed by atoms with Gasteiger partial charge in [-0.2, -0.15) is 4.98 Å². The third-order valence-electron chi connectivity index (χ3n) is 18.8. The lowest BCUT2D eigenvalue weighted by molar-refractivity contribution is -0.190. The predicted octanol–water partition coefficient (Wildman–Crippen LogP) is 2.12. The molecule has 5 aliphatic heterocycles. The van der Waals surface area contributed by atoms with Gasteiger partial charge in [0.2, 0.25) is 7.03 Å². The van der Waals surface area contributed by atoms with Crippen LogP contribution in [0.5, 0.6) is 0 Å². The second-order valence-electron chi connectivity index (χ2n) is 32.0. The van der Waals surface area contributed by atoms with Gasteiger partial charge >= 0.3 is 64.3 Å². The highest BCUT2D eigenvalue weighted by Gasteiger charge is 2.65. The van der Waals surface area contributed by atoms with Crippen molar-refractivity contribution in [2.45, 2.75) is 229 Å². The molecule has 0 aliphatic carbocycles. The standard InChI is InChI=1S/C18H25ClFN3O6.C18H24ClFN2O7.C16H22ClFN2O6.C14H18ClFN2O6.C10H12ClFN2O5/c1-9(2)15(24)27-8-18(7-19)13(28-16(25)10(3)4)12(20)14(29-18)23-6-5-11(21)22-17(23)26;1-9(2)15(24)27-8-18(7-19)13(28-16(25)10(3)4)12(20)14(29-18)22-6-5-11(23)21-17(22)26;1-15(2,3)26-13(23)16(8-17)9(5-7-21)11(18)12(25-16)20-6-4-10(22)19-14(20)24;1-13(2,3)24-11(21)14(6-15)9(20)8(16)10(23-14)18-5-4-7(19)17-12(18)22;11-3-10(4-15)7(17)6(12)8(19-10)14-2-1-5(16)13-9(14)18/h5-6,9-10,12-14H,7-8H2,1-4H3,(H2,21,22,26);5-6,9-10,12-14H,7-8H2,1-4H3,(H,21,23,26);4,6,9,11-12,21H,5,7-8H2,1-3H3,(H,19,22,24);4-5,8-10,20H,6H2,1-3H3,(H,17,19,22);1-2,6-8,15,17H,3-4H2,(H,13,16,18)/t2*12-,13+,14-,18-;9-,11+,12+,16-;8-,9+,10-,14+;6-,7+,8-,10-/m11011/s1/i2*8D2;21T;;4D2. The molecule has 0 spiro atoms. The molecular formula is C76H101Cl5F5N11O30. The van der Waals surface area contributed by atoms with E-state index in [1.165, 1.54) is 61.5 Å². The Morgan fingerprint density at radius 3 is 1.12 bits per heavy atom. The summed E-state index contributed by atoms with van der Waals surface area (Å²) in [6.07, 6.45) is -22.2. The van der Waals surface area contributed by atoms with Gasteiger partial charge in [0.05, 0.1) is 67.9 Å². The number of nitrogens with zero attached hydrogens (tertiary/aromatic N) is 6. The first-order valence-electron chi connectivity index (χ1n) is 41.7. The Kier molecular flexibility index (Phi) is 33.1. The average molecular weight is 1930 g/mol. The van der Waals surface area contributed by atoms with Crippen LogP contribution in [0.1, 0.15) is 143 Å². The van der Waals surface area contributed by atoms with Gasteiger partial charge < -0.3 is 78.3 Å². The van der Waals surface area contributed by atoms with Crippen molar-refractivity contribution in [2.24, 2.45) is 29.6 Å². The Morgan fingerprint density at radius 1 is 0.488 bits per heavy atom. The summed E-state index contributed by atoms with van der Waals surface area (Å²) in [5, 5.41) is 33.8. The first-order valence-corrected chi connectivity index (χ1v) is 40.9. The van der Waals surface area contributed by atoms with Gasteiger partial charge in [0.25, 0.3) is 22.2 Å². The van der Waals surface area contributed by atoms with Crippen molar-refractivity contribution in [3.63, 3.8) is 0 Å². The van der Waals surface area contributed by atoms with Gasteiger partial charge in [-0.1, -0.05) is 55.4 Å². The van der Waals surface area contributed by atoms with Crippen LogP contribution in [-0.2, 0) is 80.9 Å². The third kappa shape index (κ3) is 24.7. The van der Waals surface area contributed by atoms with Crippen LogP contribution >= 0.6 is 58.0 Å². The fraction of sp³-hybridized carbons (Fsp3) is 0.658. The van der Waals surface area contributed by atoms with Crippen LogP contribution in [0.4, 0.5) is 27.8 Å². The molecule has 0 saturated carbocycles. The Balaban J connectivity index is 0.000000259. The highest BCUT2D eigenvalue weighted by atomic mass is 35.5. The highest BCUT2D eigenvalue weighted by Crippen LogP contribution is 2.49. The van der Waals surface area contributed by atoms with Crippen molar-refractivity contribution in [2.75, 3.05) is 61.4 Å². The second-order valence-corrected chi connectivity index (χ2v) is 33.3. The molecule has 5 saturated heterocycles. The third-order valence-corrected chi connectivity index (χ3v) is 20.8. The number of anilines is 1. The number of aromatic amines is 4. The summed E-state index contributed by atoms with van der Waals surface area (Å²) in [7, 11) is 0. The molecule has 5 aliphatic rings. The number of aromatic nitrogens is 10. The minimum Gasteiger partial charge on any atom is -0.462 e. The smallest absolute Gasteiger partial charge is 0.351 e. The van der Waals surface area contributed by atoms with Crippen LogP contribution in [-0.4, -0.2) is 256 Å². The molecule has 5 aromatic rings. The van der Waals surface area contributed by atoms with Gasteiger partial charge in [0, 0.05) is 67.8 Å². The maximum atomic E-state index is 15.6. The summed E-state index contributed by atoms with van der Waals surface area (Å²) in [5.41, 5.74) is -15.5. The zero-order valence-corrected chi connectivity index (χ0v) is 73.9. The molecule has 710 valence electrons. The molecule has 10 N–H and O–H groups in total. The molecule has 127 heavy (non-hydrogen) atoms. The van der Waals surface area contributed by atoms with Crippen LogP contribution in [0, 0.1) is 29.6 Å². The molecule has 0 bridgehead atoms. The maximum absolute atomic E-state index is 15.6. The summed E-state index contributed by atoms with van der Waals surface area (Å²) in [5.74, 6) is -13.0. The van der Waals surface area contributed by atoms with Gasteiger partial charge in [-0.05, 0) is 54.0 Å². The summed E-state index contributed by atoms with van der Waals surface area (Å²) in [4.78, 5) is 190. The van der Waals surface area contributed by atoms with Crippen molar-refractivity contribution >= 4 is 99.6 Å². The maximum Gasteiger partial charge on any atom is 0.351 e. The summed E-state index contributed by atoms with van der Waals surface area (Å²) in [6, 6.07) is 5.09. The van der Waals surface area contributed by atoms with Crippen molar-refractivity contribution in [1.29, 1.82) is 1.43 Å². The van der Waals surface area contributed by atoms with Gasteiger partial charge in [0.1, 0.15) is 47.9 Å². The zero-order valence-electron chi connectivity index (χ0n) is 77.1. The number of aliphatic hydroxyl groups excluding tert-OH is 3. The quantitative estimate of drug-likeness (QED) is 0.0166. The fourth-order valence-electron chi connectivity index (χ4n) is 12.0. The number of alkyl halides is 10. The minimum absolute atomic E-state index is 0.0643. The lowest BCUT2D eigenvalue weighted by Crippen LogP contribution is -2.53. The number of halogens is 10. The van der Waals surface area contributed by atoms with Crippen molar-refractivity contribution in [3.05, 3.63) is 155 Å². The van der Waals surface area contributed by atoms with E-state index >= 15 is 13.2 Å². The number of nitrogens with two attached hydrogens (primary N) is 1. The number of ether oxygens (including phenoxy) is 11. The van der Waals surface area contributed by atoms with Crippen LogP contribution in [0.15, 0.2) is 104 Å². The number of esters is 6. The van der Waals surface area contributed by atoms with E-state index in [2.05, 4.69) is 10.1 Å². The molecule has 0 aromatic carbocycles. The first kappa shape index (κ1) is 95.5. The number of nitrogens with one attached hydrogen (secondary N) is 4. The normalized spacial score (nSPS) is 30.2. The molecule has 51 heteroatoms. The molecule has 5 aromatic heterocycles. The molecular weight excluding hydrogens is 1820 g/mol. The van der Waals surface area contributed by atoms with Gasteiger partial charge in [-0.3, -0.25) is 81.1 Å². The number of aliphatic hydroxyl groups is 4. The number of hydrogen-bond donors (Lipinski definition) is 9. The Hall–Kier alpha value is -9.04. The van der Waals surface area contributed by atoms with Crippen molar-refractivity contribution in [1.82, 2.24) is 47.8 Å². The van der Waals surface area contributed by atoms with Gasteiger partial charge in [0.15, 0.2) is 91.0 Å². The summed E-state index contributed by atoms with van der Waals surface area (Å²) < 4.78 is 191. The fourth-order valence-corrected chi connectivity index (χ4v) is 13.5. The van der Waals surface area contributed by atoms with Crippen molar-refractivity contribution < 1.29 is 131 Å². The number of H-pyrrole nitrogens is 4. The number of carbonyl (C=O) groups is 6. The van der Waals surface area contributed by atoms with Crippen LogP contribution in [0.2, 0.25) is 0 Å². The first-order chi connectivity index (χ1) is 61.7. The van der Waals surface area contributed by atoms with E-state index in [1.54, 1.807) is 41.5 Å². The molecule has 0 amide bonds. The van der Waals surface area contributed by atoms with Gasteiger partial charge in [-0.25, -0.2) is 55.5 Å². The molecule has 10 rings (SSSR count). The lowest BCUT2D eigenvalue weighted by atomic mass is 9.84. The van der Waals surface area contributed by atoms with E-state index < -0.39 is 291 Å².